The Labute approximate surface area is 169 Å². The van der Waals surface area contributed by atoms with Crippen LogP contribution in [0.25, 0.3) is 0 Å². The van der Waals surface area contributed by atoms with Crippen LogP contribution in [-0.4, -0.2) is 42.1 Å². The third-order valence-corrected chi connectivity index (χ3v) is 5.40. The van der Waals surface area contributed by atoms with E-state index in [4.69, 9.17) is 4.74 Å². The Morgan fingerprint density at radius 2 is 1.93 bits per heavy atom. The van der Waals surface area contributed by atoms with Gasteiger partial charge in [0.2, 0.25) is 5.91 Å². The Hall–Kier alpha value is -2.04. The number of ether oxygens (including phenoxy) is 1. The fraction of sp³-hybridized carbons (Fsp3) is 0.652. The van der Waals surface area contributed by atoms with E-state index in [1.807, 2.05) is 43.9 Å². The minimum Gasteiger partial charge on any atom is -0.444 e. The van der Waals surface area contributed by atoms with Gasteiger partial charge in [-0.2, -0.15) is 0 Å². The summed E-state index contributed by atoms with van der Waals surface area (Å²) in [5.41, 5.74) is 0.591. The fourth-order valence-corrected chi connectivity index (χ4v) is 3.78. The van der Waals surface area contributed by atoms with Crippen molar-refractivity contribution in [1.82, 2.24) is 10.2 Å². The molecule has 0 spiro atoms. The van der Waals surface area contributed by atoms with Gasteiger partial charge in [0.1, 0.15) is 5.60 Å². The van der Waals surface area contributed by atoms with Crippen LogP contribution in [0.2, 0.25) is 0 Å². The zero-order valence-corrected chi connectivity index (χ0v) is 18.0. The molecular weight excluding hydrogens is 352 g/mol. The summed E-state index contributed by atoms with van der Waals surface area (Å²) in [5, 5.41) is 2.86. The molecular formula is C23H36N2O3. The van der Waals surface area contributed by atoms with Crippen molar-refractivity contribution in [1.29, 1.82) is 0 Å². The second-order valence-electron chi connectivity index (χ2n) is 8.95. The topological polar surface area (TPSA) is 58.6 Å². The third kappa shape index (κ3) is 6.54. The first-order chi connectivity index (χ1) is 13.2. The van der Waals surface area contributed by atoms with Gasteiger partial charge in [-0.3, -0.25) is 4.79 Å². The first-order valence-electron chi connectivity index (χ1n) is 10.5. The highest BCUT2D eigenvalue weighted by atomic mass is 16.6. The summed E-state index contributed by atoms with van der Waals surface area (Å²) < 4.78 is 5.31. The lowest BCUT2D eigenvalue weighted by molar-refractivity contribution is -0.135. The van der Waals surface area contributed by atoms with E-state index in [0.29, 0.717) is 13.1 Å². The molecule has 0 radical (unpaired) electrons. The van der Waals surface area contributed by atoms with Crippen LogP contribution < -0.4 is 5.32 Å². The zero-order valence-electron chi connectivity index (χ0n) is 18.0. The van der Waals surface area contributed by atoms with E-state index in [9.17, 15) is 9.59 Å². The maximum atomic E-state index is 13.4. The predicted octanol–water partition coefficient (Wildman–Crippen LogP) is 4.58. The van der Waals surface area contributed by atoms with Crippen molar-refractivity contribution in [2.24, 2.45) is 11.8 Å². The standard InChI is InChI=1S/C23H36N2O3/c1-6-17(2)20(19-12-8-7-9-13-19)21(26)25-14-10-11-18(16-25)15-24-22(27)28-23(3,4)5/h7-9,12-13,17-18,20H,6,10-11,14-16H2,1-5H3,(H,24,27). The average molecular weight is 389 g/mol. The molecule has 3 atom stereocenters. The molecule has 0 aliphatic carbocycles. The van der Waals surface area contributed by atoms with E-state index in [0.717, 1.165) is 31.4 Å². The van der Waals surface area contributed by atoms with Gasteiger partial charge in [-0.1, -0.05) is 50.6 Å². The number of hydrogen-bond acceptors (Lipinski definition) is 3. The molecule has 2 amide bonds. The van der Waals surface area contributed by atoms with Gasteiger partial charge in [-0.15, -0.1) is 0 Å². The number of carbonyl (C=O) groups excluding carboxylic acids is 2. The minimum absolute atomic E-state index is 0.108. The van der Waals surface area contributed by atoms with E-state index >= 15 is 0 Å². The van der Waals surface area contributed by atoms with E-state index < -0.39 is 11.7 Å². The van der Waals surface area contributed by atoms with Gasteiger partial charge in [-0.25, -0.2) is 4.79 Å². The van der Waals surface area contributed by atoms with Crippen molar-refractivity contribution in [3.63, 3.8) is 0 Å². The number of carbonyl (C=O) groups is 2. The Morgan fingerprint density at radius 1 is 1.25 bits per heavy atom. The van der Waals surface area contributed by atoms with Crippen molar-refractivity contribution in [2.75, 3.05) is 19.6 Å². The molecule has 1 aromatic carbocycles. The minimum atomic E-state index is -0.502. The number of rotatable bonds is 6. The number of nitrogens with zero attached hydrogens (tertiary/aromatic N) is 1. The summed E-state index contributed by atoms with van der Waals surface area (Å²) in [5.74, 6) is 0.653. The van der Waals surface area contributed by atoms with Crippen LogP contribution in [0.1, 0.15) is 65.4 Å². The Morgan fingerprint density at radius 3 is 2.54 bits per heavy atom. The lowest BCUT2D eigenvalue weighted by Crippen LogP contribution is -2.46. The largest absolute Gasteiger partial charge is 0.444 e. The summed E-state index contributed by atoms with van der Waals surface area (Å²) >= 11 is 0. The van der Waals surface area contributed by atoms with Crippen LogP contribution in [0.15, 0.2) is 30.3 Å². The molecule has 5 nitrogen and oxygen atoms in total. The molecule has 0 saturated carbocycles. The quantitative estimate of drug-likeness (QED) is 0.776. The van der Waals surface area contributed by atoms with Gasteiger partial charge in [0, 0.05) is 19.6 Å². The van der Waals surface area contributed by atoms with Crippen molar-refractivity contribution < 1.29 is 14.3 Å². The van der Waals surface area contributed by atoms with E-state index in [1.54, 1.807) is 0 Å². The second kappa shape index (κ2) is 9.94. The summed E-state index contributed by atoms with van der Waals surface area (Å²) in [6, 6.07) is 10.1. The van der Waals surface area contributed by atoms with Crippen molar-refractivity contribution >= 4 is 12.0 Å². The number of likely N-dealkylation sites (tertiary alicyclic amines) is 1. The maximum Gasteiger partial charge on any atom is 0.407 e. The molecule has 1 aromatic rings. The molecule has 1 fully saturated rings. The van der Waals surface area contributed by atoms with Gasteiger partial charge in [0.25, 0.3) is 0 Å². The van der Waals surface area contributed by atoms with E-state index in [1.165, 1.54) is 0 Å². The first-order valence-corrected chi connectivity index (χ1v) is 10.5. The second-order valence-corrected chi connectivity index (χ2v) is 8.95. The number of amides is 2. The number of piperidine rings is 1. The Kier molecular flexibility index (Phi) is 7.90. The maximum absolute atomic E-state index is 13.4. The third-order valence-electron chi connectivity index (χ3n) is 5.40. The summed E-state index contributed by atoms with van der Waals surface area (Å²) in [7, 11) is 0. The lowest BCUT2D eigenvalue weighted by atomic mass is 9.83. The van der Waals surface area contributed by atoms with Gasteiger partial charge >= 0.3 is 6.09 Å². The normalized spacial score (nSPS) is 19.6. The lowest BCUT2D eigenvalue weighted by Gasteiger charge is -2.36. The molecule has 1 aliphatic heterocycles. The monoisotopic (exact) mass is 388 g/mol. The van der Waals surface area contributed by atoms with Crippen molar-refractivity contribution in [3.8, 4) is 0 Å². The van der Waals surface area contributed by atoms with Crippen LogP contribution in [0, 0.1) is 11.8 Å². The highest BCUT2D eigenvalue weighted by Gasteiger charge is 2.32. The molecule has 0 bridgehead atoms. The van der Waals surface area contributed by atoms with Crippen molar-refractivity contribution in [3.05, 3.63) is 35.9 Å². The molecule has 1 heterocycles. The number of nitrogens with one attached hydrogen (secondary N) is 1. The first kappa shape index (κ1) is 22.3. The highest BCUT2D eigenvalue weighted by Crippen LogP contribution is 2.30. The van der Waals surface area contributed by atoms with Crippen molar-refractivity contribution in [2.45, 2.75) is 65.4 Å². The van der Waals surface area contributed by atoms with E-state index in [-0.39, 0.29) is 23.7 Å². The smallest absolute Gasteiger partial charge is 0.407 e. The molecule has 1 N–H and O–H groups in total. The molecule has 5 heteroatoms. The predicted molar refractivity (Wildman–Crippen MR) is 112 cm³/mol. The van der Waals surface area contributed by atoms with Crippen LogP contribution in [0.3, 0.4) is 0 Å². The molecule has 2 rings (SSSR count). The SMILES string of the molecule is CCC(C)C(C(=O)N1CCCC(CNC(=O)OC(C)(C)C)C1)c1ccccc1. The molecule has 156 valence electrons. The average Bonchev–Trinajstić information content (AvgIpc) is 2.66. The van der Waals surface area contributed by atoms with Crippen LogP contribution in [0.5, 0.6) is 0 Å². The highest BCUT2D eigenvalue weighted by molar-refractivity contribution is 5.84. The summed E-state index contributed by atoms with van der Waals surface area (Å²) in [4.78, 5) is 27.3. The van der Waals surface area contributed by atoms with Crippen LogP contribution in [-0.2, 0) is 9.53 Å². The number of alkyl carbamates (subject to hydrolysis) is 1. The number of hydrogen-bond donors (Lipinski definition) is 1. The van der Waals surface area contributed by atoms with Gasteiger partial charge < -0.3 is 15.0 Å². The Balaban J connectivity index is 1.99. The molecule has 28 heavy (non-hydrogen) atoms. The Bertz CT molecular complexity index is 639. The van der Waals surface area contributed by atoms with Gasteiger partial charge in [-0.05, 0) is 51.0 Å². The van der Waals surface area contributed by atoms with Gasteiger partial charge in [0.15, 0.2) is 0 Å². The zero-order chi connectivity index (χ0) is 20.7. The fourth-order valence-electron chi connectivity index (χ4n) is 3.78. The molecule has 0 aromatic heterocycles. The molecule has 1 aliphatic rings. The summed E-state index contributed by atoms with van der Waals surface area (Å²) in [6.07, 6.45) is 2.55. The van der Waals surface area contributed by atoms with Crippen LogP contribution in [0.4, 0.5) is 4.79 Å². The van der Waals surface area contributed by atoms with Gasteiger partial charge in [0.05, 0.1) is 5.92 Å². The molecule has 3 unspecified atom stereocenters. The molecule has 1 saturated heterocycles. The van der Waals surface area contributed by atoms with E-state index in [2.05, 4.69) is 31.3 Å². The number of benzene rings is 1. The summed E-state index contributed by atoms with van der Waals surface area (Å²) in [6.45, 7) is 11.9. The van der Waals surface area contributed by atoms with Crippen LogP contribution >= 0.6 is 0 Å².